The van der Waals surface area contributed by atoms with Gasteiger partial charge in [0.05, 0.1) is 18.3 Å². The summed E-state index contributed by atoms with van der Waals surface area (Å²) in [4.78, 5) is 31.5. The molecule has 3 aromatic heterocycles. The first-order chi connectivity index (χ1) is 16.1. The molecule has 0 atom stereocenters. The smallest absolute Gasteiger partial charge is 0.263 e. The van der Waals surface area contributed by atoms with Crippen molar-refractivity contribution in [1.29, 1.82) is 0 Å². The van der Waals surface area contributed by atoms with Crippen molar-refractivity contribution in [2.24, 2.45) is 0 Å². The fourth-order valence-corrected chi connectivity index (χ4v) is 5.86. The average molecular weight is 519 g/mol. The molecule has 0 bridgehead atoms. The zero-order valence-corrected chi connectivity index (χ0v) is 20.0. The van der Waals surface area contributed by atoms with E-state index in [0.29, 0.717) is 15.8 Å². The van der Waals surface area contributed by atoms with Crippen LogP contribution in [0.4, 0.5) is 0 Å². The number of fused-ring (bicyclic) bond motifs is 3. The van der Waals surface area contributed by atoms with E-state index >= 15 is 0 Å². The van der Waals surface area contributed by atoms with Gasteiger partial charge < -0.3 is 4.42 Å². The number of carbonyl (C=O) groups is 1. The van der Waals surface area contributed by atoms with Crippen molar-refractivity contribution in [2.75, 3.05) is 0 Å². The van der Waals surface area contributed by atoms with Crippen LogP contribution in [0, 0.1) is 0 Å². The predicted octanol–water partition coefficient (Wildman–Crippen LogP) is 6.40. The Kier molecular flexibility index (Phi) is 5.03. The van der Waals surface area contributed by atoms with Crippen LogP contribution in [-0.2, 0) is 19.4 Å². The summed E-state index contributed by atoms with van der Waals surface area (Å²) in [6.07, 6.45) is 6.09. The van der Waals surface area contributed by atoms with E-state index in [4.69, 9.17) is 4.42 Å². The van der Waals surface area contributed by atoms with E-state index in [1.807, 2.05) is 23.6 Å². The number of furan rings is 1. The Balaban J connectivity index is 1.37. The Hall–Kier alpha value is -3.03. The standard InChI is InChI=1S/C26H19BrN2O3S/c27-19-7-8-22-18(10-19)11-23(32-22)21(30)12-29-14-28-25-24(26(29)31)20(13-33-25)17-6-5-15-3-1-2-4-16(15)9-17/h5-11,13-14H,1-4,12H2. The number of aryl methyl sites for hydroxylation is 2. The van der Waals surface area contributed by atoms with Crippen LogP contribution in [-0.4, -0.2) is 15.3 Å². The third-order valence-electron chi connectivity index (χ3n) is 6.29. The van der Waals surface area contributed by atoms with Crippen LogP contribution in [0.15, 0.2) is 67.9 Å². The lowest BCUT2D eigenvalue weighted by Crippen LogP contribution is -2.24. The molecule has 0 aliphatic heterocycles. The van der Waals surface area contributed by atoms with E-state index in [0.717, 1.165) is 33.8 Å². The van der Waals surface area contributed by atoms with Crippen LogP contribution in [0.1, 0.15) is 34.5 Å². The molecule has 5 aromatic rings. The second kappa shape index (κ2) is 8.08. The van der Waals surface area contributed by atoms with Crippen molar-refractivity contribution < 1.29 is 9.21 Å². The highest BCUT2D eigenvalue weighted by atomic mass is 79.9. The highest BCUT2D eigenvalue weighted by Crippen LogP contribution is 2.33. The molecule has 0 radical (unpaired) electrons. The quantitative estimate of drug-likeness (QED) is 0.258. The largest absolute Gasteiger partial charge is 0.453 e. The molecule has 0 saturated heterocycles. The minimum atomic E-state index is -0.267. The van der Waals surface area contributed by atoms with Crippen LogP contribution in [0.2, 0.25) is 0 Å². The lowest BCUT2D eigenvalue weighted by molar-refractivity contribution is 0.0945. The summed E-state index contributed by atoms with van der Waals surface area (Å²) in [7, 11) is 0. The maximum Gasteiger partial charge on any atom is 0.263 e. The molecule has 164 valence electrons. The summed E-state index contributed by atoms with van der Waals surface area (Å²) in [5.41, 5.74) is 5.12. The number of Topliss-reactive ketones (excluding diaryl/α,β-unsaturated/α-hetero) is 1. The topological polar surface area (TPSA) is 65.1 Å². The van der Waals surface area contributed by atoms with Crippen LogP contribution in [0.25, 0.3) is 32.3 Å². The predicted molar refractivity (Wildman–Crippen MR) is 134 cm³/mol. The molecular weight excluding hydrogens is 500 g/mol. The van der Waals surface area contributed by atoms with Gasteiger partial charge in [-0.1, -0.05) is 34.1 Å². The van der Waals surface area contributed by atoms with Gasteiger partial charge in [0.2, 0.25) is 5.78 Å². The summed E-state index contributed by atoms with van der Waals surface area (Å²) in [5.74, 6) is -0.0357. The van der Waals surface area contributed by atoms with Gasteiger partial charge in [-0.25, -0.2) is 4.98 Å². The van der Waals surface area contributed by atoms with Gasteiger partial charge >= 0.3 is 0 Å². The zero-order valence-electron chi connectivity index (χ0n) is 17.6. The number of hydrogen-bond donors (Lipinski definition) is 0. The molecule has 0 unspecified atom stereocenters. The van der Waals surface area contributed by atoms with Gasteiger partial charge in [-0.2, -0.15) is 0 Å². The van der Waals surface area contributed by atoms with E-state index in [9.17, 15) is 9.59 Å². The van der Waals surface area contributed by atoms with Crippen molar-refractivity contribution in [3.8, 4) is 11.1 Å². The van der Waals surface area contributed by atoms with E-state index in [-0.39, 0.29) is 23.6 Å². The third-order valence-corrected chi connectivity index (χ3v) is 7.67. The molecule has 5 nitrogen and oxygen atoms in total. The number of rotatable bonds is 4. The molecule has 0 amide bonds. The number of nitrogens with zero attached hydrogens (tertiary/aromatic N) is 2. The van der Waals surface area contributed by atoms with Gasteiger partial charge in [-0.15, -0.1) is 11.3 Å². The molecule has 0 spiro atoms. The van der Waals surface area contributed by atoms with E-state index in [1.165, 1.54) is 46.2 Å². The molecule has 0 saturated carbocycles. The molecule has 0 N–H and O–H groups in total. The Morgan fingerprint density at radius 1 is 1.09 bits per heavy atom. The highest BCUT2D eigenvalue weighted by Gasteiger charge is 2.19. The zero-order chi connectivity index (χ0) is 22.5. The molecular formula is C26H19BrN2O3S. The van der Waals surface area contributed by atoms with E-state index in [1.54, 1.807) is 6.07 Å². The van der Waals surface area contributed by atoms with E-state index < -0.39 is 0 Å². The Morgan fingerprint density at radius 3 is 2.82 bits per heavy atom. The molecule has 7 heteroatoms. The molecule has 1 aliphatic carbocycles. The Bertz CT molecular complexity index is 1610. The average Bonchev–Trinajstić information content (AvgIpc) is 3.45. The first-order valence-electron chi connectivity index (χ1n) is 10.9. The van der Waals surface area contributed by atoms with Crippen molar-refractivity contribution in [3.63, 3.8) is 0 Å². The van der Waals surface area contributed by atoms with Crippen LogP contribution in [0.3, 0.4) is 0 Å². The van der Waals surface area contributed by atoms with Gasteiger partial charge in [-0.3, -0.25) is 14.2 Å². The summed E-state index contributed by atoms with van der Waals surface area (Å²) >= 11 is 4.88. The van der Waals surface area contributed by atoms with Crippen molar-refractivity contribution in [2.45, 2.75) is 32.2 Å². The first kappa shape index (κ1) is 20.6. The number of ketones is 1. The Morgan fingerprint density at radius 2 is 1.94 bits per heavy atom. The molecule has 2 aromatic carbocycles. The maximum atomic E-state index is 13.4. The Labute approximate surface area is 201 Å². The summed E-state index contributed by atoms with van der Waals surface area (Å²) in [6, 6.07) is 13.8. The van der Waals surface area contributed by atoms with Crippen molar-refractivity contribution >= 4 is 54.2 Å². The number of halogens is 1. The first-order valence-corrected chi connectivity index (χ1v) is 12.6. The van der Waals surface area contributed by atoms with Crippen LogP contribution < -0.4 is 5.56 Å². The summed E-state index contributed by atoms with van der Waals surface area (Å²) in [5, 5.41) is 3.40. The fraction of sp³-hybridized carbons (Fsp3) is 0.192. The molecule has 3 heterocycles. The highest BCUT2D eigenvalue weighted by molar-refractivity contribution is 9.10. The fourth-order valence-electron chi connectivity index (χ4n) is 4.58. The molecule has 33 heavy (non-hydrogen) atoms. The van der Waals surface area contributed by atoms with Gasteiger partial charge in [0.15, 0.2) is 5.76 Å². The summed E-state index contributed by atoms with van der Waals surface area (Å²) < 4.78 is 8.00. The molecule has 6 rings (SSSR count). The normalized spacial score (nSPS) is 13.5. The number of thiophene rings is 1. The second-order valence-corrected chi connectivity index (χ2v) is 10.2. The number of benzene rings is 2. The monoisotopic (exact) mass is 518 g/mol. The second-order valence-electron chi connectivity index (χ2n) is 8.41. The van der Waals surface area contributed by atoms with Crippen molar-refractivity contribution in [3.05, 3.63) is 85.9 Å². The van der Waals surface area contributed by atoms with Crippen LogP contribution >= 0.6 is 27.3 Å². The third kappa shape index (κ3) is 3.65. The number of hydrogen-bond acceptors (Lipinski definition) is 5. The molecule has 0 fully saturated rings. The van der Waals surface area contributed by atoms with Gasteiger partial charge in [-0.05, 0) is 66.6 Å². The minimum absolute atomic E-state index is 0.123. The van der Waals surface area contributed by atoms with E-state index in [2.05, 4.69) is 39.1 Å². The minimum Gasteiger partial charge on any atom is -0.453 e. The number of carbonyl (C=O) groups excluding carboxylic acids is 1. The SMILES string of the molecule is O=C(Cn1cnc2scc(-c3ccc4c(c3)CCCC4)c2c1=O)c1cc2cc(Br)ccc2o1. The summed E-state index contributed by atoms with van der Waals surface area (Å²) in [6.45, 7) is -0.123. The van der Waals surface area contributed by atoms with Crippen LogP contribution in [0.5, 0.6) is 0 Å². The van der Waals surface area contributed by atoms with Crippen molar-refractivity contribution in [1.82, 2.24) is 9.55 Å². The van der Waals surface area contributed by atoms with Gasteiger partial charge in [0.1, 0.15) is 10.4 Å². The lowest BCUT2D eigenvalue weighted by atomic mass is 9.89. The van der Waals surface area contributed by atoms with Gasteiger partial charge in [0.25, 0.3) is 5.56 Å². The van der Waals surface area contributed by atoms with Gasteiger partial charge in [0, 0.05) is 20.8 Å². The molecule has 1 aliphatic rings. The maximum absolute atomic E-state index is 13.4. The lowest BCUT2D eigenvalue weighted by Gasteiger charge is -2.16. The number of aromatic nitrogens is 2.